The molecular formula is C36H45FN6O6S. The van der Waals surface area contributed by atoms with Gasteiger partial charge in [0, 0.05) is 16.9 Å². The van der Waals surface area contributed by atoms with Gasteiger partial charge < -0.3 is 30.1 Å². The molecule has 1 aromatic heterocycles. The molecule has 0 unspecified atom stereocenters. The van der Waals surface area contributed by atoms with Crippen LogP contribution in [0.2, 0.25) is 0 Å². The molecule has 14 heteroatoms. The molecule has 0 spiro atoms. The van der Waals surface area contributed by atoms with Crippen molar-refractivity contribution in [1.29, 1.82) is 0 Å². The van der Waals surface area contributed by atoms with E-state index in [0.717, 1.165) is 57.1 Å². The van der Waals surface area contributed by atoms with Crippen LogP contribution in [0, 0.1) is 5.82 Å². The number of amides is 2. The van der Waals surface area contributed by atoms with Crippen LogP contribution in [0.5, 0.6) is 5.75 Å². The number of hydrogen-bond acceptors (Lipinski definition) is 10. The number of rotatable bonds is 8. The number of nitrogens with two attached hydrogens (primary N) is 1. The quantitative estimate of drug-likeness (QED) is 0.347. The first-order chi connectivity index (χ1) is 23.8. The molecule has 3 aromatic rings. The van der Waals surface area contributed by atoms with Gasteiger partial charge in [-0.05, 0) is 115 Å². The number of sulfone groups is 1. The molecule has 3 aliphatic carbocycles. The number of fused-ring (bicyclic) bond motifs is 4. The van der Waals surface area contributed by atoms with E-state index >= 15 is 4.39 Å². The standard InChI is InChI=1S/C36H45FN6O6S/c1-22(2)48-25-6-4-23(5-7-25)20-43-29-18-26(27(37)19-30(29)50(46,47)21-28(38)33(43)45)32(44)40-36-13-10-35(11-14-36,12-15-36)34-39-31(41-49-34)24-8-16-42(3)17-9-24/h4-7,18-19,22,24,28H,8-17,20-21,38H2,1-3H3,(H,40,44)/t28-,35?,36?/m0/s1. The fourth-order valence-corrected chi connectivity index (χ4v) is 9.64. The first-order valence-corrected chi connectivity index (χ1v) is 19.2. The van der Waals surface area contributed by atoms with Crippen molar-refractivity contribution in [2.75, 3.05) is 30.8 Å². The molecule has 3 saturated carbocycles. The highest BCUT2D eigenvalue weighted by Gasteiger charge is 2.53. The number of nitrogens with one attached hydrogen (secondary N) is 1. The molecule has 268 valence electrons. The Morgan fingerprint density at radius 1 is 1.10 bits per heavy atom. The third-order valence-electron chi connectivity index (χ3n) is 11.1. The van der Waals surface area contributed by atoms with Crippen LogP contribution < -0.4 is 20.7 Å². The number of carbonyl (C=O) groups is 2. The van der Waals surface area contributed by atoms with Gasteiger partial charge in [-0.3, -0.25) is 9.59 Å². The van der Waals surface area contributed by atoms with Crippen molar-refractivity contribution < 1.29 is 31.7 Å². The summed E-state index contributed by atoms with van der Waals surface area (Å²) in [6.07, 6.45) is 6.17. The molecule has 3 N–H and O–H groups in total. The second-order valence-electron chi connectivity index (χ2n) is 15.0. The second kappa shape index (κ2) is 13.0. The Hall–Kier alpha value is -3.88. The van der Waals surface area contributed by atoms with E-state index in [0.29, 0.717) is 42.4 Å². The van der Waals surface area contributed by atoms with Crippen molar-refractivity contribution in [3.63, 3.8) is 0 Å². The predicted molar refractivity (Wildman–Crippen MR) is 183 cm³/mol. The molecule has 1 saturated heterocycles. The fourth-order valence-electron chi connectivity index (χ4n) is 8.07. The number of likely N-dealkylation sites (tertiary alicyclic amines) is 1. The van der Waals surface area contributed by atoms with E-state index in [1.807, 2.05) is 13.8 Å². The summed E-state index contributed by atoms with van der Waals surface area (Å²) in [5, 5.41) is 7.49. The van der Waals surface area contributed by atoms with Crippen molar-refractivity contribution in [2.24, 2.45) is 5.73 Å². The van der Waals surface area contributed by atoms with Crippen LogP contribution in [0.1, 0.15) is 98.8 Å². The Labute approximate surface area is 291 Å². The van der Waals surface area contributed by atoms with E-state index in [2.05, 4.69) is 22.4 Å². The maximum absolute atomic E-state index is 15.7. The smallest absolute Gasteiger partial charge is 0.254 e. The highest BCUT2D eigenvalue weighted by molar-refractivity contribution is 7.91. The topological polar surface area (TPSA) is 161 Å². The molecule has 3 heterocycles. The maximum atomic E-state index is 15.7. The molecule has 4 fully saturated rings. The zero-order valence-electron chi connectivity index (χ0n) is 28.8. The molecule has 5 aliphatic rings. The first kappa shape index (κ1) is 34.6. The summed E-state index contributed by atoms with van der Waals surface area (Å²) in [5.41, 5.74) is 5.54. The minimum atomic E-state index is -4.15. The predicted octanol–water partition coefficient (Wildman–Crippen LogP) is 4.23. The number of hydrogen-bond donors (Lipinski definition) is 2. The Morgan fingerprint density at radius 2 is 1.76 bits per heavy atom. The fraction of sp³-hybridized carbons (Fsp3) is 0.556. The lowest BCUT2D eigenvalue weighted by atomic mass is 9.57. The van der Waals surface area contributed by atoms with Crippen LogP contribution in [0.15, 0.2) is 45.8 Å². The second-order valence-corrected chi connectivity index (χ2v) is 17.0. The molecule has 2 amide bonds. The summed E-state index contributed by atoms with van der Waals surface area (Å²) in [6.45, 7) is 5.80. The van der Waals surface area contributed by atoms with Gasteiger partial charge in [-0.25, -0.2) is 12.8 Å². The summed E-state index contributed by atoms with van der Waals surface area (Å²) in [4.78, 5) is 35.5. The van der Waals surface area contributed by atoms with Crippen LogP contribution in [-0.4, -0.2) is 78.8 Å². The molecule has 2 aliphatic heterocycles. The van der Waals surface area contributed by atoms with Gasteiger partial charge in [0.1, 0.15) is 11.6 Å². The van der Waals surface area contributed by atoms with Crippen molar-refractivity contribution in [3.8, 4) is 5.75 Å². The van der Waals surface area contributed by atoms with Gasteiger partial charge in [0.15, 0.2) is 15.7 Å². The zero-order chi connectivity index (χ0) is 35.4. The number of halogens is 1. The third kappa shape index (κ3) is 6.53. The summed E-state index contributed by atoms with van der Waals surface area (Å²) < 4.78 is 54.0. The molecule has 2 aromatic carbocycles. The van der Waals surface area contributed by atoms with E-state index in [1.165, 1.54) is 11.0 Å². The van der Waals surface area contributed by atoms with Crippen LogP contribution >= 0.6 is 0 Å². The normalized spacial score (nSPS) is 26.9. The van der Waals surface area contributed by atoms with Crippen LogP contribution in [0.25, 0.3) is 0 Å². The average Bonchev–Trinajstić information content (AvgIpc) is 3.57. The van der Waals surface area contributed by atoms with E-state index in [-0.39, 0.29) is 34.2 Å². The van der Waals surface area contributed by atoms with Crippen molar-refractivity contribution in [3.05, 3.63) is 65.1 Å². The van der Waals surface area contributed by atoms with E-state index in [1.54, 1.807) is 24.3 Å². The molecule has 12 nitrogen and oxygen atoms in total. The Bertz CT molecular complexity index is 1860. The highest BCUT2D eigenvalue weighted by Crippen LogP contribution is 2.53. The highest BCUT2D eigenvalue weighted by atomic mass is 32.2. The van der Waals surface area contributed by atoms with Crippen LogP contribution in [-0.2, 0) is 26.6 Å². The third-order valence-corrected chi connectivity index (χ3v) is 12.9. The molecule has 50 heavy (non-hydrogen) atoms. The number of aromatic nitrogens is 2. The number of ether oxygens (including phenoxy) is 1. The first-order valence-electron chi connectivity index (χ1n) is 17.5. The van der Waals surface area contributed by atoms with Crippen molar-refractivity contribution in [1.82, 2.24) is 20.4 Å². The Kier molecular flexibility index (Phi) is 9.00. The number of piperidine rings is 1. The lowest BCUT2D eigenvalue weighted by Gasteiger charge is -2.52. The molecule has 1 atom stereocenters. The summed E-state index contributed by atoms with van der Waals surface area (Å²) in [6, 6.07) is 7.71. The largest absolute Gasteiger partial charge is 0.491 e. The van der Waals surface area contributed by atoms with Gasteiger partial charge >= 0.3 is 0 Å². The van der Waals surface area contributed by atoms with Crippen molar-refractivity contribution >= 4 is 27.3 Å². The Morgan fingerprint density at radius 3 is 2.40 bits per heavy atom. The number of nitrogens with zero attached hydrogens (tertiary/aromatic N) is 4. The van der Waals surface area contributed by atoms with Gasteiger partial charge in [0.05, 0.1) is 40.6 Å². The van der Waals surface area contributed by atoms with Gasteiger partial charge in [0.25, 0.3) is 5.91 Å². The number of carbonyl (C=O) groups excluding carboxylic acids is 2. The minimum Gasteiger partial charge on any atom is -0.491 e. The molecule has 2 bridgehead atoms. The summed E-state index contributed by atoms with van der Waals surface area (Å²) in [7, 11) is -2.03. The molecule has 8 rings (SSSR count). The number of benzene rings is 2. The minimum absolute atomic E-state index is 0.0284. The molecular weight excluding hydrogens is 663 g/mol. The molecule has 0 radical (unpaired) electrons. The number of anilines is 1. The monoisotopic (exact) mass is 708 g/mol. The summed E-state index contributed by atoms with van der Waals surface area (Å²) in [5.74, 6) is -0.554. The Balaban J connectivity index is 1.11. The average molecular weight is 709 g/mol. The van der Waals surface area contributed by atoms with Crippen molar-refractivity contribution in [2.45, 2.75) is 106 Å². The van der Waals surface area contributed by atoms with E-state index in [4.69, 9.17) is 20.0 Å². The van der Waals surface area contributed by atoms with Crippen LogP contribution in [0.3, 0.4) is 0 Å². The SMILES string of the molecule is CC(C)Oc1ccc(CN2C(=O)[C@@H](N)CS(=O)(=O)c3cc(F)c(C(=O)NC45CCC(c6nc(C7CCN(C)CC7)no6)(CC4)CC5)cc32)cc1. The van der Waals surface area contributed by atoms with Gasteiger partial charge in [0.2, 0.25) is 11.8 Å². The van der Waals surface area contributed by atoms with Gasteiger partial charge in [-0.1, -0.05) is 17.3 Å². The van der Waals surface area contributed by atoms with E-state index in [9.17, 15) is 18.0 Å². The lowest BCUT2D eigenvalue weighted by Crippen LogP contribution is -2.58. The van der Waals surface area contributed by atoms with Gasteiger partial charge in [-0.2, -0.15) is 4.98 Å². The van der Waals surface area contributed by atoms with E-state index < -0.39 is 44.8 Å². The summed E-state index contributed by atoms with van der Waals surface area (Å²) >= 11 is 0. The lowest BCUT2D eigenvalue weighted by molar-refractivity contribution is -0.119. The van der Waals surface area contributed by atoms with Crippen LogP contribution in [0.4, 0.5) is 10.1 Å². The van der Waals surface area contributed by atoms with Gasteiger partial charge in [-0.15, -0.1) is 0 Å². The maximum Gasteiger partial charge on any atom is 0.254 e. The zero-order valence-corrected chi connectivity index (χ0v) is 29.6.